The van der Waals surface area contributed by atoms with Gasteiger partial charge in [0.15, 0.2) is 5.75 Å². The first kappa shape index (κ1) is 19.5. The normalized spacial score (nSPS) is 11.2. The molecule has 0 spiro atoms. The van der Waals surface area contributed by atoms with Crippen LogP contribution in [-0.2, 0) is 17.1 Å². The van der Waals surface area contributed by atoms with E-state index in [2.05, 4.69) is 10.0 Å². The molecule has 0 bridgehead atoms. The molecule has 25 heavy (non-hydrogen) atoms. The van der Waals surface area contributed by atoms with Crippen LogP contribution in [0.3, 0.4) is 0 Å². The molecule has 1 aromatic heterocycles. The number of methoxy groups -OCH3 is 1. The first-order valence-corrected chi connectivity index (χ1v) is 9.92. The van der Waals surface area contributed by atoms with Crippen LogP contribution in [0, 0.1) is 9.39 Å². The molecule has 7 nitrogen and oxygen atoms in total. The fourth-order valence-corrected chi connectivity index (χ4v) is 3.13. The van der Waals surface area contributed by atoms with Crippen molar-refractivity contribution in [2.24, 2.45) is 7.05 Å². The quantitative estimate of drug-likeness (QED) is 0.620. The van der Waals surface area contributed by atoms with Crippen molar-refractivity contribution in [3.63, 3.8) is 0 Å². The minimum atomic E-state index is -3.65. The highest BCUT2D eigenvalue weighted by atomic mass is 127. The van der Waals surface area contributed by atoms with E-state index in [1.165, 1.54) is 37.8 Å². The van der Waals surface area contributed by atoms with Crippen LogP contribution < -0.4 is 20.3 Å². The lowest BCUT2D eigenvalue weighted by molar-refractivity contribution is 0.415. The second-order valence-electron chi connectivity index (χ2n) is 5.09. The van der Waals surface area contributed by atoms with Crippen molar-refractivity contribution >= 4 is 49.8 Å². The van der Waals surface area contributed by atoms with E-state index in [1.54, 1.807) is 6.07 Å². The van der Waals surface area contributed by atoms with Gasteiger partial charge in [0, 0.05) is 16.7 Å². The molecule has 0 saturated heterocycles. The van der Waals surface area contributed by atoms with Crippen LogP contribution >= 0.6 is 22.6 Å². The van der Waals surface area contributed by atoms with Gasteiger partial charge in [-0.3, -0.25) is 14.1 Å². The van der Waals surface area contributed by atoms with Gasteiger partial charge in [0.25, 0.3) is 5.56 Å². The zero-order chi connectivity index (χ0) is 18.8. The van der Waals surface area contributed by atoms with Crippen LogP contribution in [0.4, 0.5) is 21.6 Å². The van der Waals surface area contributed by atoms with E-state index in [0.717, 1.165) is 6.07 Å². The van der Waals surface area contributed by atoms with Gasteiger partial charge in [-0.15, -0.1) is 0 Å². The summed E-state index contributed by atoms with van der Waals surface area (Å²) in [5, 5.41) is 2.78. The number of aromatic nitrogens is 1. The van der Waals surface area contributed by atoms with Gasteiger partial charge in [-0.05, 0) is 47.7 Å². The molecule has 136 valence electrons. The summed E-state index contributed by atoms with van der Waals surface area (Å²) in [6.45, 7) is 1.47. The lowest BCUT2D eigenvalue weighted by atomic mass is 10.3. The number of anilines is 3. The van der Waals surface area contributed by atoms with Gasteiger partial charge in [0.1, 0.15) is 17.3 Å². The van der Waals surface area contributed by atoms with Crippen LogP contribution in [0.15, 0.2) is 29.1 Å². The molecule has 10 heteroatoms. The summed E-state index contributed by atoms with van der Waals surface area (Å²) < 4.78 is 47.5. The van der Waals surface area contributed by atoms with Crippen molar-refractivity contribution in [3.8, 4) is 5.75 Å². The highest BCUT2D eigenvalue weighted by molar-refractivity contribution is 14.1. The number of benzene rings is 1. The maximum absolute atomic E-state index is 14.2. The third kappa shape index (κ3) is 4.42. The molecule has 0 unspecified atom stereocenters. The van der Waals surface area contributed by atoms with Crippen molar-refractivity contribution in [2.45, 2.75) is 6.92 Å². The van der Waals surface area contributed by atoms with E-state index in [9.17, 15) is 17.6 Å². The summed E-state index contributed by atoms with van der Waals surface area (Å²) in [6.07, 6.45) is 0. The molecule has 2 N–H and O–H groups in total. The molecule has 0 atom stereocenters. The van der Waals surface area contributed by atoms with Crippen molar-refractivity contribution < 1.29 is 17.5 Å². The van der Waals surface area contributed by atoms with Crippen LogP contribution in [0.2, 0.25) is 0 Å². The molecule has 2 rings (SSSR count). The molecule has 2 aromatic rings. The minimum Gasteiger partial charge on any atom is -0.494 e. The number of rotatable bonds is 6. The SMILES string of the molecule is CCS(=O)(=O)Nc1c(OC)cc(=O)n(C)c1Nc1ccc(I)cc1F. The fourth-order valence-electron chi connectivity index (χ4n) is 2.03. The second-order valence-corrected chi connectivity index (χ2v) is 8.34. The van der Waals surface area contributed by atoms with Crippen molar-refractivity contribution in [1.82, 2.24) is 4.57 Å². The standard InChI is InChI=1S/C15H17FIN3O4S/c1-4-25(22,23)19-14-12(24-3)8-13(21)20(2)15(14)18-11-6-5-9(17)7-10(11)16/h5-8,18-19H,4H2,1-3H3. The van der Waals surface area contributed by atoms with Gasteiger partial charge in [-0.1, -0.05) is 0 Å². The first-order chi connectivity index (χ1) is 11.7. The van der Waals surface area contributed by atoms with Gasteiger partial charge in [-0.2, -0.15) is 0 Å². The molecule has 0 aliphatic heterocycles. The summed E-state index contributed by atoms with van der Waals surface area (Å²) in [4.78, 5) is 12.1. The summed E-state index contributed by atoms with van der Waals surface area (Å²) in [7, 11) is -0.891. The van der Waals surface area contributed by atoms with Crippen molar-refractivity contribution in [2.75, 3.05) is 22.9 Å². The Kier molecular flexibility index (Phi) is 5.93. The number of hydrogen-bond donors (Lipinski definition) is 2. The largest absolute Gasteiger partial charge is 0.494 e. The Morgan fingerprint density at radius 1 is 1.32 bits per heavy atom. The molecule has 0 saturated carbocycles. The third-order valence-corrected chi connectivity index (χ3v) is 5.39. The Bertz CT molecular complexity index is 960. The van der Waals surface area contributed by atoms with Crippen molar-refractivity contribution in [1.29, 1.82) is 0 Å². The molecular weight excluding hydrogens is 464 g/mol. The average molecular weight is 481 g/mol. The van der Waals surface area contributed by atoms with E-state index in [1.807, 2.05) is 22.6 Å². The lowest BCUT2D eigenvalue weighted by Gasteiger charge is -2.19. The first-order valence-electron chi connectivity index (χ1n) is 7.19. The average Bonchev–Trinajstić information content (AvgIpc) is 2.55. The number of halogens is 2. The van der Waals surface area contributed by atoms with E-state index in [-0.39, 0.29) is 28.7 Å². The monoisotopic (exact) mass is 481 g/mol. The third-order valence-electron chi connectivity index (χ3n) is 3.45. The molecule has 1 heterocycles. The van der Waals surface area contributed by atoms with Crippen LogP contribution in [0.1, 0.15) is 6.92 Å². The molecule has 0 aliphatic carbocycles. The Morgan fingerprint density at radius 2 is 2.00 bits per heavy atom. The number of ether oxygens (including phenoxy) is 1. The summed E-state index contributed by atoms with van der Waals surface area (Å²) >= 11 is 1.97. The van der Waals surface area contributed by atoms with E-state index in [0.29, 0.717) is 3.57 Å². The zero-order valence-corrected chi connectivity index (χ0v) is 16.7. The maximum Gasteiger partial charge on any atom is 0.255 e. The molecule has 0 aliphatic rings. The highest BCUT2D eigenvalue weighted by Gasteiger charge is 2.20. The van der Waals surface area contributed by atoms with Gasteiger partial charge < -0.3 is 10.1 Å². The highest BCUT2D eigenvalue weighted by Crippen LogP contribution is 2.34. The number of sulfonamides is 1. The Morgan fingerprint density at radius 3 is 2.56 bits per heavy atom. The smallest absolute Gasteiger partial charge is 0.255 e. The number of pyridine rings is 1. The van der Waals surface area contributed by atoms with E-state index >= 15 is 0 Å². The predicted octanol–water partition coefficient (Wildman–Crippen LogP) is 2.64. The number of nitrogens with zero attached hydrogens (tertiary/aromatic N) is 1. The second kappa shape index (κ2) is 7.60. The van der Waals surface area contributed by atoms with Gasteiger partial charge in [-0.25, -0.2) is 12.8 Å². The summed E-state index contributed by atoms with van der Waals surface area (Å²) in [5.41, 5.74) is -0.310. The molecule has 0 fully saturated rings. The Hall–Kier alpha value is -1.82. The van der Waals surface area contributed by atoms with Crippen LogP contribution in [-0.4, -0.2) is 25.8 Å². The Balaban J connectivity index is 2.65. The Labute approximate surface area is 158 Å². The number of hydrogen-bond acceptors (Lipinski definition) is 5. The van der Waals surface area contributed by atoms with Crippen LogP contribution in [0.25, 0.3) is 0 Å². The minimum absolute atomic E-state index is 0.0319. The predicted molar refractivity (Wildman–Crippen MR) is 104 cm³/mol. The molecule has 0 amide bonds. The topological polar surface area (TPSA) is 89.4 Å². The van der Waals surface area contributed by atoms with Gasteiger partial charge in [0.2, 0.25) is 10.0 Å². The van der Waals surface area contributed by atoms with Gasteiger partial charge in [0.05, 0.1) is 18.6 Å². The number of nitrogens with one attached hydrogen (secondary N) is 2. The fraction of sp³-hybridized carbons (Fsp3) is 0.267. The summed E-state index contributed by atoms with van der Waals surface area (Å²) in [6, 6.07) is 5.65. The molecule has 0 radical (unpaired) electrons. The molecular formula is C15H17FIN3O4S. The zero-order valence-electron chi connectivity index (χ0n) is 13.8. The van der Waals surface area contributed by atoms with E-state index < -0.39 is 21.4 Å². The van der Waals surface area contributed by atoms with Crippen molar-refractivity contribution in [3.05, 3.63) is 44.0 Å². The lowest BCUT2D eigenvalue weighted by Crippen LogP contribution is -2.24. The summed E-state index contributed by atoms with van der Waals surface area (Å²) in [5.74, 6) is -0.599. The molecule has 1 aromatic carbocycles. The van der Waals surface area contributed by atoms with Gasteiger partial charge >= 0.3 is 0 Å². The maximum atomic E-state index is 14.2. The van der Waals surface area contributed by atoms with E-state index in [4.69, 9.17) is 4.74 Å². The van der Waals surface area contributed by atoms with Crippen LogP contribution in [0.5, 0.6) is 5.75 Å².